The van der Waals surface area contributed by atoms with Crippen molar-refractivity contribution in [3.63, 3.8) is 0 Å². The Morgan fingerprint density at radius 1 is 1.40 bits per heavy atom. The molecular weight excluding hydrogens is 233 g/mol. The molecule has 0 aromatic heterocycles. The van der Waals surface area contributed by atoms with E-state index in [1.165, 1.54) is 12.1 Å². The van der Waals surface area contributed by atoms with Crippen LogP contribution in [0.15, 0.2) is 34.3 Å². The van der Waals surface area contributed by atoms with Crippen molar-refractivity contribution in [1.29, 1.82) is 0 Å². The van der Waals surface area contributed by atoms with E-state index < -0.39 is 13.6 Å². The van der Waals surface area contributed by atoms with Crippen molar-refractivity contribution < 1.29 is 47.9 Å². The van der Waals surface area contributed by atoms with Gasteiger partial charge < -0.3 is 9.42 Å². The first-order valence-electron chi connectivity index (χ1n) is 3.59. The number of benzene rings is 1. The van der Waals surface area contributed by atoms with Gasteiger partial charge in [-0.2, -0.15) is 0 Å². The first-order valence-corrected chi connectivity index (χ1v) is 5.09. The summed E-state index contributed by atoms with van der Waals surface area (Å²) in [6.07, 6.45) is 0. The monoisotopic (exact) mass is 240 g/mol. The molecule has 0 radical (unpaired) electrons. The van der Waals surface area contributed by atoms with Crippen LogP contribution in [-0.4, -0.2) is 7.11 Å². The van der Waals surface area contributed by atoms with Gasteiger partial charge >= 0.3 is 29.6 Å². The fourth-order valence-corrected chi connectivity index (χ4v) is 0.937. The summed E-state index contributed by atoms with van der Waals surface area (Å²) in [6.45, 7) is 0. The molecule has 1 rings (SSSR count). The molecule has 0 fully saturated rings. The molecule has 0 amide bonds. The molecular formula is C7H7FN2NaO3P. The Hall–Kier alpha value is -0.100. The van der Waals surface area contributed by atoms with E-state index in [4.69, 9.17) is 0 Å². The van der Waals surface area contributed by atoms with Gasteiger partial charge in [0, 0.05) is 7.11 Å². The third-order valence-electron chi connectivity index (χ3n) is 1.33. The Bertz CT molecular complexity index is 384. The summed E-state index contributed by atoms with van der Waals surface area (Å²) >= 11 is 0. The van der Waals surface area contributed by atoms with E-state index >= 15 is 0 Å². The van der Waals surface area contributed by atoms with Gasteiger partial charge in [0.25, 0.3) is 7.75 Å². The zero-order chi connectivity index (χ0) is 10.6. The molecule has 0 saturated heterocycles. The fraction of sp³-hybridized carbons (Fsp3) is 0.143. The van der Waals surface area contributed by atoms with Gasteiger partial charge in [-0.3, -0.25) is 4.57 Å². The summed E-state index contributed by atoms with van der Waals surface area (Å²) in [5.41, 5.74) is 0.236. The van der Waals surface area contributed by atoms with Crippen molar-refractivity contribution in [3.05, 3.63) is 30.1 Å². The molecule has 0 bridgehead atoms. The van der Waals surface area contributed by atoms with Crippen LogP contribution in [0.3, 0.4) is 0 Å². The van der Waals surface area contributed by atoms with E-state index in [2.05, 4.69) is 14.5 Å². The molecule has 0 heterocycles. The van der Waals surface area contributed by atoms with Crippen LogP contribution in [0.2, 0.25) is 0 Å². The van der Waals surface area contributed by atoms with Crippen LogP contribution in [0.5, 0.6) is 0 Å². The van der Waals surface area contributed by atoms with Crippen LogP contribution < -0.4 is 34.5 Å². The Morgan fingerprint density at radius 3 is 2.40 bits per heavy atom. The standard InChI is InChI=1S/C7H8FN2O3P.Na/c1-13-14(11,12)10-9-7-4-2-6(8)3-5-7;/h2-5H,1H3,(H,11,12);/q;+1/p-1. The molecule has 0 N–H and O–H groups in total. The molecule has 1 unspecified atom stereocenters. The average Bonchev–Trinajstić information content (AvgIpc) is 2.17. The van der Waals surface area contributed by atoms with Crippen molar-refractivity contribution in [3.8, 4) is 0 Å². The van der Waals surface area contributed by atoms with Gasteiger partial charge in [-0.05, 0) is 24.3 Å². The van der Waals surface area contributed by atoms with E-state index in [1.54, 1.807) is 0 Å². The molecule has 76 valence electrons. The van der Waals surface area contributed by atoms with Crippen LogP contribution >= 0.6 is 7.75 Å². The fourth-order valence-electron chi connectivity index (χ4n) is 0.651. The maximum atomic E-state index is 12.4. The van der Waals surface area contributed by atoms with E-state index in [-0.39, 0.29) is 35.2 Å². The van der Waals surface area contributed by atoms with Gasteiger partial charge in [0.2, 0.25) is 0 Å². The first-order chi connectivity index (χ1) is 6.53. The molecule has 5 nitrogen and oxygen atoms in total. The van der Waals surface area contributed by atoms with E-state index in [0.717, 1.165) is 19.2 Å². The SMILES string of the molecule is COP(=O)([O-])N=Nc1ccc(F)cc1.[Na+]. The third kappa shape index (κ3) is 5.51. The van der Waals surface area contributed by atoms with E-state index in [1.807, 2.05) is 0 Å². The van der Waals surface area contributed by atoms with Crippen molar-refractivity contribution in [2.45, 2.75) is 0 Å². The summed E-state index contributed by atoms with van der Waals surface area (Å²) in [5, 5.41) is 3.35. The van der Waals surface area contributed by atoms with Crippen LogP contribution in [0.1, 0.15) is 0 Å². The molecule has 1 aromatic rings. The maximum absolute atomic E-state index is 12.4. The second kappa shape index (κ2) is 6.48. The number of hydrogen-bond acceptors (Lipinski definition) is 4. The Morgan fingerprint density at radius 2 is 1.93 bits per heavy atom. The molecule has 1 atom stereocenters. The average molecular weight is 240 g/mol. The second-order valence-electron chi connectivity index (χ2n) is 2.32. The molecule has 0 saturated carbocycles. The van der Waals surface area contributed by atoms with Crippen LogP contribution in [0.25, 0.3) is 0 Å². The molecule has 0 aliphatic carbocycles. The Labute approximate surface area is 108 Å². The first kappa shape index (κ1) is 14.9. The zero-order valence-corrected chi connectivity index (χ0v) is 11.1. The predicted octanol–water partition coefficient (Wildman–Crippen LogP) is -0.972. The molecule has 1 aromatic carbocycles. The quantitative estimate of drug-likeness (QED) is 0.387. The van der Waals surface area contributed by atoms with Crippen LogP contribution in [-0.2, 0) is 9.09 Å². The number of rotatable bonds is 3. The normalized spacial score (nSPS) is 14.6. The van der Waals surface area contributed by atoms with Crippen molar-refractivity contribution in [2.75, 3.05) is 7.11 Å². The summed E-state index contributed by atoms with van der Waals surface area (Å²) in [4.78, 5) is 13.7. The number of nitrogens with zero attached hydrogens (tertiary/aromatic N) is 2. The summed E-state index contributed by atoms with van der Waals surface area (Å²) < 4.78 is 27.2. The van der Waals surface area contributed by atoms with Gasteiger partial charge in [0.1, 0.15) is 5.82 Å². The van der Waals surface area contributed by atoms with Crippen LogP contribution in [0, 0.1) is 5.82 Å². The number of hydrogen-bond donors (Lipinski definition) is 0. The molecule has 0 spiro atoms. The predicted molar refractivity (Wildman–Crippen MR) is 45.5 cm³/mol. The van der Waals surface area contributed by atoms with E-state index in [0.29, 0.717) is 0 Å². The molecule has 15 heavy (non-hydrogen) atoms. The second-order valence-corrected chi connectivity index (χ2v) is 3.80. The minimum Gasteiger partial charge on any atom is -0.759 e. The smallest absolute Gasteiger partial charge is 0.759 e. The summed E-state index contributed by atoms with van der Waals surface area (Å²) in [7, 11) is -3.25. The van der Waals surface area contributed by atoms with Gasteiger partial charge in [-0.25, -0.2) is 4.39 Å². The Kier molecular flexibility index (Phi) is 6.43. The molecule has 8 heteroatoms. The van der Waals surface area contributed by atoms with Gasteiger partial charge in [-0.1, -0.05) is 0 Å². The van der Waals surface area contributed by atoms with Crippen molar-refractivity contribution in [2.24, 2.45) is 10.00 Å². The molecule has 0 aliphatic rings. The van der Waals surface area contributed by atoms with Gasteiger partial charge in [0.15, 0.2) is 0 Å². The Balaban J connectivity index is 0.00000196. The summed E-state index contributed by atoms with van der Waals surface area (Å²) in [5.74, 6) is -0.430. The topological polar surface area (TPSA) is 74.1 Å². The largest absolute Gasteiger partial charge is 1.00 e. The number of halogens is 1. The molecule has 0 aliphatic heterocycles. The van der Waals surface area contributed by atoms with E-state index in [9.17, 15) is 13.8 Å². The minimum absolute atomic E-state index is 0. The minimum atomic E-state index is -4.24. The third-order valence-corrected chi connectivity index (χ3v) is 2.10. The maximum Gasteiger partial charge on any atom is 1.00 e. The van der Waals surface area contributed by atoms with Gasteiger partial charge in [0.05, 0.1) is 5.69 Å². The van der Waals surface area contributed by atoms with Crippen LogP contribution in [0.4, 0.5) is 10.1 Å². The van der Waals surface area contributed by atoms with Crippen molar-refractivity contribution >= 4 is 13.4 Å². The zero-order valence-electron chi connectivity index (χ0n) is 8.25. The van der Waals surface area contributed by atoms with Gasteiger partial charge in [-0.15, -0.1) is 10.00 Å². The summed E-state index contributed by atoms with van der Waals surface area (Å²) in [6, 6.07) is 4.90. The van der Waals surface area contributed by atoms with Crippen molar-refractivity contribution in [1.82, 2.24) is 0 Å².